The second-order valence-corrected chi connectivity index (χ2v) is 8.16. The van der Waals surface area contributed by atoms with Crippen molar-refractivity contribution in [3.05, 3.63) is 59.4 Å². The minimum Gasteiger partial charge on any atom is -0.507 e. The van der Waals surface area contributed by atoms with Crippen LogP contribution in [0, 0.1) is 0 Å². The molecule has 2 aliphatic rings. The first-order valence-corrected chi connectivity index (χ1v) is 11.3. The van der Waals surface area contributed by atoms with E-state index in [1.807, 2.05) is 0 Å². The number of amides is 1. The number of aliphatic hydroxyl groups is 1. The fourth-order valence-electron chi connectivity index (χ4n) is 4.42. The van der Waals surface area contributed by atoms with Gasteiger partial charge in [-0.3, -0.25) is 19.5 Å². The van der Waals surface area contributed by atoms with Gasteiger partial charge in [-0.1, -0.05) is 6.07 Å². The fourth-order valence-corrected chi connectivity index (χ4v) is 4.42. The van der Waals surface area contributed by atoms with Crippen LogP contribution in [0.25, 0.3) is 5.76 Å². The van der Waals surface area contributed by atoms with Gasteiger partial charge in [0, 0.05) is 44.1 Å². The van der Waals surface area contributed by atoms with Gasteiger partial charge in [-0.15, -0.1) is 0 Å². The summed E-state index contributed by atoms with van der Waals surface area (Å²) >= 11 is 0. The number of pyridine rings is 1. The van der Waals surface area contributed by atoms with Crippen LogP contribution in [0.15, 0.2) is 48.3 Å². The van der Waals surface area contributed by atoms with Crippen LogP contribution < -0.4 is 9.47 Å². The molecule has 0 unspecified atom stereocenters. The van der Waals surface area contributed by atoms with E-state index in [0.717, 1.165) is 19.6 Å². The molecule has 0 bridgehead atoms. The highest BCUT2D eigenvalue weighted by molar-refractivity contribution is 6.46. The number of rotatable bonds is 8. The Hall–Kier alpha value is -3.43. The van der Waals surface area contributed by atoms with Gasteiger partial charge in [0.25, 0.3) is 11.7 Å². The molecular weight excluding hydrogens is 438 g/mol. The van der Waals surface area contributed by atoms with Gasteiger partial charge in [-0.2, -0.15) is 0 Å². The van der Waals surface area contributed by atoms with Crippen molar-refractivity contribution in [1.29, 1.82) is 0 Å². The Bertz CT molecular complexity index is 1070. The average molecular weight is 468 g/mol. The number of hydrogen-bond donors (Lipinski definition) is 1. The molecule has 1 amide bonds. The van der Waals surface area contributed by atoms with Crippen molar-refractivity contribution >= 4 is 17.4 Å². The Balaban J connectivity index is 1.67. The van der Waals surface area contributed by atoms with Crippen molar-refractivity contribution in [2.75, 3.05) is 53.6 Å². The monoisotopic (exact) mass is 467 g/mol. The molecule has 0 radical (unpaired) electrons. The third-order valence-corrected chi connectivity index (χ3v) is 6.17. The van der Waals surface area contributed by atoms with Crippen LogP contribution in [0.3, 0.4) is 0 Å². The number of nitrogens with zero attached hydrogens (tertiary/aromatic N) is 3. The molecule has 0 spiro atoms. The van der Waals surface area contributed by atoms with E-state index in [4.69, 9.17) is 14.2 Å². The number of morpholine rings is 1. The van der Waals surface area contributed by atoms with Gasteiger partial charge in [0.05, 0.1) is 39.0 Å². The number of likely N-dealkylation sites (tertiary alicyclic amines) is 1. The van der Waals surface area contributed by atoms with Crippen LogP contribution in [0.1, 0.15) is 23.6 Å². The van der Waals surface area contributed by atoms with E-state index in [-0.39, 0.29) is 11.3 Å². The number of methoxy groups -OCH3 is 2. The molecule has 180 valence electrons. The number of carbonyl (C=O) groups excluding carboxylic acids is 2. The van der Waals surface area contributed by atoms with E-state index in [0.29, 0.717) is 48.8 Å². The summed E-state index contributed by atoms with van der Waals surface area (Å²) in [5, 5.41) is 11.2. The Morgan fingerprint density at radius 2 is 1.88 bits per heavy atom. The number of Topliss-reactive ketones (excluding diaryl/α,β-unsaturated/α-hetero) is 1. The van der Waals surface area contributed by atoms with Crippen molar-refractivity contribution in [2.24, 2.45) is 0 Å². The molecule has 1 atom stereocenters. The maximum absolute atomic E-state index is 13.1. The van der Waals surface area contributed by atoms with Gasteiger partial charge < -0.3 is 24.2 Å². The molecule has 1 aromatic heterocycles. The third kappa shape index (κ3) is 4.76. The second-order valence-electron chi connectivity index (χ2n) is 8.16. The lowest BCUT2D eigenvalue weighted by atomic mass is 9.96. The number of ether oxygens (including phenoxy) is 3. The summed E-state index contributed by atoms with van der Waals surface area (Å²) < 4.78 is 16.0. The highest BCUT2D eigenvalue weighted by atomic mass is 16.5. The zero-order valence-electron chi connectivity index (χ0n) is 19.4. The maximum Gasteiger partial charge on any atom is 0.295 e. The molecule has 4 rings (SSSR count). The predicted molar refractivity (Wildman–Crippen MR) is 125 cm³/mol. The quantitative estimate of drug-likeness (QED) is 0.358. The van der Waals surface area contributed by atoms with Crippen LogP contribution >= 0.6 is 0 Å². The Kier molecular flexibility index (Phi) is 7.44. The first-order valence-electron chi connectivity index (χ1n) is 11.3. The molecule has 2 aliphatic heterocycles. The van der Waals surface area contributed by atoms with Gasteiger partial charge in [0.1, 0.15) is 5.76 Å². The number of hydrogen-bond acceptors (Lipinski definition) is 8. The second kappa shape index (κ2) is 10.7. The third-order valence-electron chi connectivity index (χ3n) is 6.17. The highest BCUT2D eigenvalue weighted by Crippen LogP contribution is 2.40. The van der Waals surface area contributed by atoms with E-state index in [2.05, 4.69) is 9.88 Å². The molecule has 2 aromatic rings. The van der Waals surface area contributed by atoms with Gasteiger partial charge in [-0.25, -0.2) is 0 Å². The first-order chi connectivity index (χ1) is 16.5. The van der Waals surface area contributed by atoms with Crippen LogP contribution in [-0.2, 0) is 14.3 Å². The number of ketones is 1. The standard InChI is InChI=1S/C25H29N3O6/c1-32-19-7-6-17(15-20(19)33-2)23(29)21-22(18-5-3-8-26-16-18)28(25(31)24(21)30)10-4-9-27-11-13-34-14-12-27/h3,5-8,15-16,22,29H,4,9-14H2,1-2H3/b23-21+/t22-/m1/s1. The maximum atomic E-state index is 13.1. The zero-order valence-corrected chi connectivity index (χ0v) is 19.4. The van der Waals surface area contributed by atoms with E-state index < -0.39 is 17.7 Å². The molecule has 34 heavy (non-hydrogen) atoms. The van der Waals surface area contributed by atoms with Crippen molar-refractivity contribution in [1.82, 2.24) is 14.8 Å². The van der Waals surface area contributed by atoms with Crippen molar-refractivity contribution in [2.45, 2.75) is 12.5 Å². The number of aliphatic hydroxyl groups excluding tert-OH is 1. The largest absolute Gasteiger partial charge is 0.507 e. The lowest BCUT2D eigenvalue weighted by Crippen LogP contribution is -2.39. The zero-order chi connectivity index (χ0) is 24.1. The van der Waals surface area contributed by atoms with Crippen molar-refractivity contribution in [3.63, 3.8) is 0 Å². The summed E-state index contributed by atoms with van der Waals surface area (Å²) in [7, 11) is 3.01. The van der Waals surface area contributed by atoms with Crippen molar-refractivity contribution in [3.8, 4) is 11.5 Å². The summed E-state index contributed by atoms with van der Waals surface area (Å²) in [5.41, 5.74) is 1.06. The van der Waals surface area contributed by atoms with Crippen LogP contribution in [0.5, 0.6) is 11.5 Å². The molecule has 0 saturated carbocycles. The minimum atomic E-state index is -0.730. The summed E-state index contributed by atoms with van der Waals surface area (Å²) in [6.07, 6.45) is 3.94. The SMILES string of the molecule is COc1ccc(/C(O)=C2\C(=O)C(=O)N(CCCN3CCOCC3)[C@@H]2c2cccnc2)cc1OC. The van der Waals surface area contributed by atoms with E-state index >= 15 is 0 Å². The summed E-state index contributed by atoms with van der Waals surface area (Å²) in [6, 6.07) is 7.68. The predicted octanol–water partition coefficient (Wildman–Crippen LogP) is 2.24. The average Bonchev–Trinajstić information content (AvgIpc) is 3.14. The number of aromatic nitrogens is 1. The molecule has 1 aromatic carbocycles. The lowest BCUT2D eigenvalue weighted by Gasteiger charge is -2.29. The Morgan fingerprint density at radius 1 is 1.12 bits per heavy atom. The van der Waals surface area contributed by atoms with Crippen LogP contribution in [0.2, 0.25) is 0 Å². The topological polar surface area (TPSA) is 101 Å². The lowest BCUT2D eigenvalue weighted by molar-refractivity contribution is -0.140. The van der Waals surface area contributed by atoms with E-state index in [1.165, 1.54) is 19.1 Å². The Morgan fingerprint density at radius 3 is 2.56 bits per heavy atom. The van der Waals surface area contributed by atoms with Crippen LogP contribution in [0.4, 0.5) is 0 Å². The van der Waals surface area contributed by atoms with Crippen LogP contribution in [-0.4, -0.2) is 85.2 Å². The first kappa shape index (κ1) is 23.7. The van der Waals surface area contributed by atoms with Gasteiger partial charge in [-0.05, 0) is 36.2 Å². The highest BCUT2D eigenvalue weighted by Gasteiger charge is 2.46. The van der Waals surface area contributed by atoms with Crippen molar-refractivity contribution < 1.29 is 28.9 Å². The molecule has 2 saturated heterocycles. The molecule has 1 N–H and O–H groups in total. The normalized spacial score (nSPS) is 20.5. The summed E-state index contributed by atoms with van der Waals surface area (Å²) in [4.78, 5) is 34.2. The molecule has 3 heterocycles. The molecule has 9 heteroatoms. The minimum absolute atomic E-state index is 0.0385. The number of benzene rings is 1. The molecule has 9 nitrogen and oxygen atoms in total. The Labute approximate surface area is 198 Å². The smallest absolute Gasteiger partial charge is 0.295 e. The van der Waals surface area contributed by atoms with Gasteiger partial charge in [0.2, 0.25) is 0 Å². The summed E-state index contributed by atoms with van der Waals surface area (Å²) in [6.45, 7) is 4.28. The fraction of sp³-hybridized carbons (Fsp3) is 0.400. The van der Waals surface area contributed by atoms with E-state index in [9.17, 15) is 14.7 Å². The molecular formula is C25H29N3O6. The number of carbonyl (C=O) groups is 2. The molecule has 0 aliphatic carbocycles. The summed E-state index contributed by atoms with van der Waals surface area (Å²) in [5.74, 6) is -0.704. The van der Waals surface area contributed by atoms with Gasteiger partial charge >= 0.3 is 0 Å². The van der Waals surface area contributed by atoms with Gasteiger partial charge in [0.15, 0.2) is 11.5 Å². The van der Waals surface area contributed by atoms with E-state index in [1.54, 1.807) is 42.7 Å². The molecule has 2 fully saturated rings.